The molecular weight excluding hydrogens is 682 g/mol. The molecule has 0 unspecified atom stereocenters. The van der Waals surface area contributed by atoms with E-state index in [1.54, 1.807) is 16.7 Å². The number of nitrogens with one attached hydrogen (secondary N) is 2. The van der Waals surface area contributed by atoms with E-state index in [4.69, 9.17) is 4.74 Å². The highest BCUT2D eigenvalue weighted by atomic mass is 19.1. The number of carbonyl (C=O) groups excluding carboxylic acids is 1. The van der Waals surface area contributed by atoms with Crippen LogP contribution >= 0.6 is 0 Å². The Kier molecular flexibility index (Phi) is 14.5. The van der Waals surface area contributed by atoms with Crippen LogP contribution in [0, 0.1) is 31.0 Å². The summed E-state index contributed by atoms with van der Waals surface area (Å²) in [6, 6.07) is 17.3. The third-order valence-electron chi connectivity index (χ3n) is 9.21. The van der Waals surface area contributed by atoms with Crippen LogP contribution in [0.4, 0.5) is 21.6 Å². The number of nitrogens with zero attached hydrogens (tertiary/aromatic N) is 7. The van der Waals surface area contributed by atoms with Crippen LogP contribution in [0.25, 0.3) is 24.1 Å². The fraction of sp³-hybridized carbons (Fsp3) is 0.381. The molecule has 11 nitrogen and oxygen atoms in total. The fourth-order valence-corrected chi connectivity index (χ4v) is 6.44. The highest BCUT2D eigenvalue weighted by Gasteiger charge is 2.20. The summed E-state index contributed by atoms with van der Waals surface area (Å²) in [5.74, 6) is -0.214. The number of hydrogen-bond acceptors (Lipinski definition) is 9. The van der Waals surface area contributed by atoms with Crippen molar-refractivity contribution in [1.29, 1.82) is 5.26 Å². The van der Waals surface area contributed by atoms with Gasteiger partial charge in [-0.3, -0.25) is 9.36 Å². The van der Waals surface area contributed by atoms with Gasteiger partial charge in [-0.2, -0.15) is 5.26 Å². The average molecular weight is 736 g/mol. The fourth-order valence-electron chi connectivity index (χ4n) is 6.44. The Morgan fingerprint density at radius 1 is 1.07 bits per heavy atom. The van der Waals surface area contributed by atoms with E-state index in [0.29, 0.717) is 16.6 Å². The van der Waals surface area contributed by atoms with Crippen LogP contribution in [0.2, 0.25) is 0 Å². The topological polar surface area (TPSA) is 116 Å². The molecule has 6 rings (SSSR count). The third-order valence-corrected chi connectivity index (χ3v) is 9.21. The van der Waals surface area contributed by atoms with Gasteiger partial charge in [-0.05, 0) is 108 Å². The van der Waals surface area contributed by atoms with E-state index in [9.17, 15) is 10.1 Å². The van der Waals surface area contributed by atoms with Crippen molar-refractivity contribution in [3.63, 3.8) is 0 Å². The minimum Gasteiger partial charge on any atom is -0.434 e. The number of fused-ring (bicyclic) bond motifs is 1. The zero-order chi connectivity index (χ0) is 39.5. The van der Waals surface area contributed by atoms with Crippen LogP contribution in [-0.4, -0.2) is 76.2 Å². The number of benzene rings is 2. The van der Waals surface area contributed by atoms with Crippen molar-refractivity contribution in [3.8, 4) is 17.7 Å². The van der Waals surface area contributed by atoms with E-state index in [0.717, 1.165) is 59.7 Å². The second-order valence-corrected chi connectivity index (χ2v) is 13.6. The van der Waals surface area contributed by atoms with Crippen LogP contribution in [0.1, 0.15) is 68.8 Å². The standard InChI is InChI=1S/C27H28FN7O.C9H11NO.C6H15N/c1-17(2)35-18(3)14-21-23(35)8-9-24(25(21)28)36-27-22(15-29)26(31-16-32-27)33-19-4-6-20(7-5-19)34-12-10-30-11-13-34;1-6-5-7(2)10(8(6)3)9(4)11;1-4-6-7(3)5-2/h4-9,14,16-17,30H,10-13H2,1-3H3,(H,31,32,33);5H,1,3H2,2,4H3;4-6H2,1-3H3. The maximum atomic E-state index is 15.4. The molecule has 0 atom stereocenters. The van der Waals surface area contributed by atoms with E-state index < -0.39 is 5.82 Å². The number of halogens is 1. The van der Waals surface area contributed by atoms with Crippen molar-refractivity contribution < 1.29 is 13.9 Å². The van der Waals surface area contributed by atoms with Gasteiger partial charge in [0.15, 0.2) is 22.9 Å². The molecule has 2 aromatic carbocycles. The molecule has 0 spiro atoms. The first-order valence-electron chi connectivity index (χ1n) is 18.4. The monoisotopic (exact) mass is 735 g/mol. The second-order valence-electron chi connectivity index (χ2n) is 13.6. The van der Waals surface area contributed by atoms with Gasteiger partial charge < -0.3 is 29.7 Å². The van der Waals surface area contributed by atoms with Crippen LogP contribution in [0.3, 0.4) is 0 Å². The number of anilines is 3. The Hall–Kier alpha value is -5.51. The quantitative estimate of drug-likeness (QED) is 0.167. The van der Waals surface area contributed by atoms with Crippen molar-refractivity contribution in [2.45, 2.75) is 60.9 Å². The first-order chi connectivity index (χ1) is 25.8. The first-order valence-corrected chi connectivity index (χ1v) is 18.4. The Bertz CT molecular complexity index is 2180. The highest BCUT2D eigenvalue weighted by molar-refractivity contribution is 5.84. The van der Waals surface area contributed by atoms with Crippen LogP contribution in [0.5, 0.6) is 11.6 Å². The first kappa shape index (κ1) is 41.2. The molecule has 1 aliphatic heterocycles. The highest BCUT2D eigenvalue weighted by Crippen LogP contribution is 2.35. The molecule has 12 heteroatoms. The van der Waals surface area contributed by atoms with Gasteiger partial charge in [-0.15, -0.1) is 0 Å². The Morgan fingerprint density at radius 2 is 1.76 bits per heavy atom. The van der Waals surface area contributed by atoms with E-state index >= 15 is 4.39 Å². The average Bonchev–Trinajstić information content (AvgIpc) is 3.64. The summed E-state index contributed by atoms with van der Waals surface area (Å²) < 4.78 is 24.8. The summed E-state index contributed by atoms with van der Waals surface area (Å²) in [6.07, 6.45) is 2.56. The van der Waals surface area contributed by atoms with Crippen molar-refractivity contribution in [2.75, 3.05) is 56.5 Å². The number of hydrogen-bond donors (Lipinski definition) is 2. The molecule has 54 heavy (non-hydrogen) atoms. The molecule has 0 bridgehead atoms. The van der Waals surface area contributed by atoms with E-state index in [2.05, 4.69) is 88.9 Å². The zero-order valence-corrected chi connectivity index (χ0v) is 33.0. The number of rotatable bonds is 9. The van der Waals surface area contributed by atoms with Crippen molar-refractivity contribution in [3.05, 3.63) is 88.2 Å². The molecule has 0 aliphatic carbocycles. The number of piperazine rings is 1. The maximum absolute atomic E-state index is 15.4. The lowest BCUT2D eigenvalue weighted by atomic mass is 10.2. The lowest BCUT2D eigenvalue weighted by molar-refractivity contribution is 0.0931. The molecular formula is C42H54FN9O2. The number of aryl methyl sites for hydroxylation is 2. The van der Waals surface area contributed by atoms with Gasteiger partial charge in [0.05, 0.1) is 5.52 Å². The van der Waals surface area contributed by atoms with Crippen molar-refractivity contribution in [2.24, 2.45) is 0 Å². The van der Waals surface area contributed by atoms with E-state index in [1.807, 2.05) is 50.2 Å². The van der Waals surface area contributed by atoms with E-state index in [1.165, 1.54) is 32.8 Å². The summed E-state index contributed by atoms with van der Waals surface area (Å²) in [7, 11) is 2.14. The van der Waals surface area contributed by atoms with Crippen LogP contribution in [-0.2, 0) is 0 Å². The Balaban J connectivity index is 0.000000297. The number of ether oxygens (including phenoxy) is 1. The third kappa shape index (κ3) is 9.92. The Labute approximate surface area is 318 Å². The zero-order valence-electron chi connectivity index (χ0n) is 33.0. The number of aromatic nitrogens is 4. The summed E-state index contributed by atoms with van der Waals surface area (Å²) in [5, 5.41) is 18.3. The minimum atomic E-state index is -0.490. The molecule has 5 aromatic rings. The molecule has 0 radical (unpaired) electrons. The number of carbonyl (C=O) groups is 1. The second kappa shape index (κ2) is 19.0. The van der Waals surface area contributed by atoms with Crippen molar-refractivity contribution in [1.82, 2.24) is 29.3 Å². The largest absolute Gasteiger partial charge is 0.434 e. The lowest BCUT2D eigenvalue weighted by Gasteiger charge is -2.29. The molecule has 1 fully saturated rings. The van der Waals surface area contributed by atoms with Gasteiger partial charge in [0.1, 0.15) is 12.4 Å². The van der Waals surface area contributed by atoms with Gasteiger partial charge in [-0.1, -0.05) is 27.0 Å². The van der Waals surface area contributed by atoms with Crippen LogP contribution < -0.4 is 30.8 Å². The smallest absolute Gasteiger partial charge is 0.242 e. The van der Waals surface area contributed by atoms with Gasteiger partial charge in [0, 0.05) is 72.6 Å². The van der Waals surface area contributed by atoms with Gasteiger partial charge >= 0.3 is 0 Å². The molecule has 0 amide bonds. The minimum absolute atomic E-state index is 0.00457. The summed E-state index contributed by atoms with van der Waals surface area (Å²) in [5.41, 5.74) is 4.66. The molecule has 286 valence electrons. The van der Waals surface area contributed by atoms with Gasteiger partial charge in [-0.25, -0.2) is 14.4 Å². The number of nitriles is 1. The summed E-state index contributed by atoms with van der Waals surface area (Å²) >= 11 is 0. The Morgan fingerprint density at radius 3 is 2.28 bits per heavy atom. The summed E-state index contributed by atoms with van der Waals surface area (Å²) in [6.45, 7) is 27.6. The molecule has 1 aliphatic rings. The normalized spacial score (nSPS) is 12.5. The maximum Gasteiger partial charge on any atom is 0.242 e. The van der Waals surface area contributed by atoms with E-state index in [-0.39, 0.29) is 29.1 Å². The van der Waals surface area contributed by atoms with Crippen molar-refractivity contribution >= 4 is 47.2 Å². The SMILES string of the molecule is C=c1cc(C)n(C(C)=O)c1=C.CCCN(C)CC.Cc1cc2c(F)c(Oc3ncnc(Nc4ccc(N5CCNCC5)cc4)c3C#N)ccc2n1C(C)C. The summed E-state index contributed by atoms with van der Waals surface area (Å²) in [4.78, 5) is 24.0. The molecule has 3 aromatic heterocycles. The molecule has 4 heterocycles. The predicted molar refractivity (Wildman–Crippen MR) is 218 cm³/mol. The predicted octanol–water partition coefficient (Wildman–Crippen LogP) is 6.90. The lowest BCUT2D eigenvalue weighted by Crippen LogP contribution is -2.43. The van der Waals surface area contributed by atoms with Gasteiger partial charge in [0.25, 0.3) is 0 Å². The van der Waals surface area contributed by atoms with Crippen LogP contribution in [0.15, 0.2) is 54.9 Å². The molecule has 0 saturated carbocycles. The molecule has 1 saturated heterocycles. The molecule has 2 N–H and O–H groups in total. The van der Waals surface area contributed by atoms with Gasteiger partial charge in [0.2, 0.25) is 11.8 Å².